The van der Waals surface area contributed by atoms with Gasteiger partial charge in [0.1, 0.15) is 5.82 Å². The molecule has 11 heteroatoms. The number of ether oxygens (including phenoxy) is 1. The van der Waals surface area contributed by atoms with Gasteiger partial charge in [0.05, 0.1) is 30.2 Å². The molecule has 1 unspecified atom stereocenters. The van der Waals surface area contributed by atoms with Gasteiger partial charge in [-0.25, -0.2) is 9.50 Å². The molecule has 3 aromatic rings. The lowest BCUT2D eigenvalue weighted by Gasteiger charge is -2.30. The van der Waals surface area contributed by atoms with E-state index in [1.807, 2.05) is 17.5 Å². The van der Waals surface area contributed by atoms with Crippen LogP contribution in [0, 0.1) is 13.8 Å². The maximum absolute atomic E-state index is 13.7. The third-order valence-corrected chi connectivity index (χ3v) is 9.16. The summed E-state index contributed by atoms with van der Waals surface area (Å²) in [7, 11) is -0.839. The normalized spacial score (nSPS) is 18.8. The third kappa shape index (κ3) is 5.60. The fraction of sp³-hybridized carbons (Fsp3) is 0.556. The van der Waals surface area contributed by atoms with Crippen molar-refractivity contribution in [2.24, 2.45) is 0 Å². The minimum atomic E-state index is -4.41. The van der Waals surface area contributed by atoms with Crippen molar-refractivity contribution < 1.29 is 22.1 Å². The Bertz CT molecular complexity index is 1330. The molecule has 2 aliphatic rings. The second-order valence-corrected chi connectivity index (χ2v) is 11.9. The lowest BCUT2D eigenvalue weighted by molar-refractivity contribution is -0.138. The van der Waals surface area contributed by atoms with Crippen molar-refractivity contribution in [1.29, 1.82) is 0 Å². The van der Waals surface area contributed by atoms with Gasteiger partial charge >= 0.3 is 6.18 Å². The molecular formula is C27H34F3N5O2S. The Balaban J connectivity index is 1.55. The van der Waals surface area contributed by atoms with Gasteiger partial charge in [-0.3, -0.25) is 9.11 Å². The van der Waals surface area contributed by atoms with Crippen LogP contribution in [0.3, 0.4) is 0 Å². The van der Waals surface area contributed by atoms with E-state index in [-0.39, 0.29) is 10.8 Å². The molecule has 4 heterocycles. The summed E-state index contributed by atoms with van der Waals surface area (Å²) in [5, 5.41) is 5.16. The molecule has 0 saturated carbocycles. The van der Waals surface area contributed by atoms with Crippen LogP contribution in [0.2, 0.25) is 0 Å². The number of morpholine rings is 1. The maximum Gasteiger partial charge on any atom is 0.416 e. The molecule has 2 fully saturated rings. The second-order valence-electron chi connectivity index (χ2n) is 10.3. The van der Waals surface area contributed by atoms with Crippen molar-refractivity contribution in [1.82, 2.24) is 19.5 Å². The molecule has 38 heavy (non-hydrogen) atoms. The monoisotopic (exact) mass is 549 g/mol. The average Bonchev–Trinajstić information content (AvgIpc) is 3.22. The van der Waals surface area contributed by atoms with E-state index in [2.05, 4.69) is 9.80 Å². The number of benzene rings is 1. The molecule has 206 valence electrons. The largest absolute Gasteiger partial charge is 0.416 e. The number of rotatable bonds is 6. The van der Waals surface area contributed by atoms with Crippen LogP contribution in [0.4, 0.5) is 19.0 Å². The topological polar surface area (TPSA) is 63.0 Å². The van der Waals surface area contributed by atoms with Gasteiger partial charge in [0, 0.05) is 48.4 Å². The van der Waals surface area contributed by atoms with Crippen LogP contribution in [-0.2, 0) is 34.7 Å². The number of halogens is 3. The molecule has 0 spiro atoms. The number of hydrogen-bond donors (Lipinski definition) is 0. The Morgan fingerprint density at radius 3 is 2.47 bits per heavy atom. The first-order valence-corrected chi connectivity index (χ1v) is 14.6. The predicted octanol–water partition coefficient (Wildman–Crippen LogP) is 4.14. The molecule has 0 radical (unpaired) electrons. The Kier molecular flexibility index (Phi) is 7.79. The lowest BCUT2D eigenvalue weighted by atomic mass is 9.97. The van der Waals surface area contributed by atoms with Crippen molar-refractivity contribution in [2.75, 3.05) is 50.5 Å². The van der Waals surface area contributed by atoms with Gasteiger partial charge in [-0.05, 0) is 68.6 Å². The van der Waals surface area contributed by atoms with Gasteiger partial charge in [0.25, 0.3) is 0 Å². The van der Waals surface area contributed by atoms with Gasteiger partial charge in [0.2, 0.25) is 0 Å². The lowest BCUT2D eigenvalue weighted by Crippen LogP contribution is -2.37. The number of anilines is 1. The van der Waals surface area contributed by atoms with Crippen molar-refractivity contribution in [3.8, 4) is 0 Å². The van der Waals surface area contributed by atoms with E-state index < -0.39 is 22.5 Å². The number of hydrogen-bond acceptors (Lipinski definition) is 6. The molecule has 2 aromatic heterocycles. The highest BCUT2D eigenvalue weighted by Gasteiger charge is 2.33. The van der Waals surface area contributed by atoms with Gasteiger partial charge in [-0.2, -0.15) is 13.2 Å². The summed E-state index contributed by atoms with van der Waals surface area (Å²) in [5.41, 5.74) is 3.55. The first kappa shape index (κ1) is 27.1. The molecule has 2 saturated heterocycles. The number of nitrogens with zero attached hydrogens (tertiary/aromatic N) is 5. The highest BCUT2D eigenvalue weighted by atomic mass is 32.2. The standard InChI is InChI=1S/C27H34F3N5O2S/c1-18-15-25(34-11-13-37-14-12-34)32-35-24(16-20-5-4-6-22(19(20)2)27(28,29)30)23(31-26(18)35)17-33-9-7-21(8-10-33)38(3)36/h4-6,15,21H,7-14,16-17H2,1-3H3. The number of fused-ring (bicyclic) bond motifs is 1. The minimum absolute atomic E-state index is 0.208. The Labute approximate surface area is 223 Å². The molecule has 0 amide bonds. The van der Waals surface area contributed by atoms with Crippen molar-refractivity contribution in [2.45, 2.75) is 51.1 Å². The second kappa shape index (κ2) is 10.9. The zero-order chi connectivity index (χ0) is 27.0. The molecule has 2 aliphatic heterocycles. The van der Waals surface area contributed by atoms with Crippen LogP contribution in [0.1, 0.15) is 46.5 Å². The van der Waals surface area contributed by atoms with Crippen LogP contribution in [0.25, 0.3) is 5.65 Å². The first-order chi connectivity index (χ1) is 18.1. The van der Waals surface area contributed by atoms with Gasteiger partial charge in [-0.1, -0.05) is 12.1 Å². The summed E-state index contributed by atoms with van der Waals surface area (Å²) in [6.45, 7) is 8.45. The van der Waals surface area contributed by atoms with E-state index in [0.717, 1.165) is 73.5 Å². The molecular weight excluding hydrogens is 515 g/mol. The van der Waals surface area contributed by atoms with E-state index in [4.69, 9.17) is 14.8 Å². The number of piperidine rings is 1. The van der Waals surface area contributed by atoms with Crippen LogP contribution < -0.4 is 4.90 Å². The maximum atomic E-state index is 13.7. The average molecular weight is 550 g/mol. The van der Waals surface area contributed by atoms with Crippen LogP contribution in [0.15, 0.2) is 24.3 Å². The SMILES string of the molecule is Cc1c(Cc2c(CN3CCC(S(C)=O)CC3)nc3c(C)cc(N4CCOCC4)nn23)cccc1C(F)(F)F. The van der Waals surface area contributed by atoms with Crippen LogP contribution in [0.5, 0.6) is 0 Å². The number of likely N-dealkylation sites (tertiary alicyclic amines) is 1. The first-order valence-electron chi connectivity index (χ1n) is 13.0. The van der Waals surface area contributed by atoms with Crippen LogP contribution >= 0.6 is 0 Å². The highest BCUT2D eigenvalue weighted by Crippen LogP contribution is 2.34. The van der Waals surface area contributed by atoms with Crippen molar-refractivity contribution >= 4 is 22.3 Å². The van der Waals surface area contributed by atoms with Gasteiger partial charge in [0.15, 0.2) is 5.65 Å². The number of aryl methyl sites for hydroxylation is 1. The molecule has 0 N–H and O–H groups in total. The smallest absolute Gasteiger partial charge is 0.378 e. The Morgan fingerprint density at radius 2 is 1.82 bits per heavy atom. The highest BCUT2D eigenvalue weighted by molar-refractivity contribution is 7.84. The summed E-state index contributed by atoms with van der Waals surface area (Å²) in [5.74, 6) is 0.815. The number of imidazole rings is 1. The summed E-state index contributed by atoms with van der Waals surface area (Å²) < 4.78 is 60.3. The quantitative estimate of drug-likeness (QED) is 0.461. The number of alkyl halides is 3. The number of aromatic nitrogens is 3. The molecule has 0 bridgehead atoms. The predicted molar refractivity (Wildman–Crippen MR) is 142 cm³/mol. The molecule has 1 atom stereocenters. The third-order valence-electron chi connectivity index (χ3n) is 7.75. The van der Waals surface area contributed by atoms with E-state index in [1.165, 1.54) is 13.0 Å². The Morgan fingerprint density at radius 1 is 1.11 bits per heavy atom. The molecule has 0 aliphatic carbocycles. The van der Waals surface area contributed by atoms with E-state index in [0.29, 0.717) is 31.7 Å². The van der Waals surface area contributed by atoms with Crippen LogP contribution in [-0.4, -0.2) is 74.6 Å². The van der Waals surface area contributed by atoms with Gasteiger partial charge in [-0.15, -0.1) is 5.10 Å². The summed E-state index contributed by atoms with van der Waals surface area (Å²) >= 11 is 0. The molecule has 1 aromatic carbocycles. The van der Waals surface area contributed by atoms with Gasteiger partial charge < -0.3 is 9.64 Å². The van der Waals surface area contributed by atoms with E-state index in [9.17, 15) is 17.4 Å². The fourth-order valence-electron chi connectivity index (χ4n) is 5.47. The zero-order valence-corrected chi connectivity index (χ0v) is 22.9. The summed E-state index contributed by atoms with van der Waals surface area (Å²) in [4.78, 5) is 9.45. The van der Waals surface area contributed by atoms with Crippen molar-refractivity contribution in [3.05, 3.63) is 57.9 Å². The summed E-state index contributed by atoms with van der Waals surface area (Å²) in [6, 6.07) is 6.39. The fourth-order valence-corrected chi connectivity index (χ4v) is 6.34. The molecule has 5 rings (SSSR count). The zero-order valence-electron chi connectivity index (χ0n) is 22.1. The van der Waals surface area contributed by atoms with E-state index >= 15 is 0 Å². The molecule has 7 nitrogen and oxygen atoms in total. The van der Waals surface area contributed by atoms with Crippen molar-refractivity contribution in [3.63, 3.8) is 0 Å². The summed E-state index contributed by atoms with van der Waals surface area (Å²) in [6.07, 6.45) is -0.641. The minimum Gasteiger partial charge on any atom is -0.378 e. The van der Waals surface area contributed by atoms with E-state index in [1.54, 1.807) is 12.3 Å². The Hall–Kier alpha value is -2.50.